The van der Waals surface area contributed by atoms with Crippen molar-refractivity contribution in [2.24, 2.45) is 0 Å². The smallest absolute Gasteiger partial charge is 0.288 e. The Morgan fingerprint density at radius 3 is 2.36 bits per heavy atom. The highest BCUT2D eigenvalue weighted by atomic mass is 32.2. The third-order valence-electron chi connectivity index (χ3n) is 3.40. The Bertz CT molecular complexity index is 862. The number of carbonyl (C=O) groups excluding carboxylic acids is 1. The van der Waals surface area contributed by atoms with Crippen LogP contribution in [-0.4, -0.2) is 16.6 Å². The van der Waals surface area contributed by atoms with Crippen LogP contribution in [0.25, 0.3) is 11.3 Å². The van der Waals surface area contributed by atoms with Gasteiger partial charge in [0.25, 0.3) is 11.7 Å². The molecule has 3 nitrogen and oxygen atoms in total. The van der Waals surface area contributed by atoms with E-state index in [1.165, 1.54) is 24.3 Å². The van der Waals surface area contributed by atoms with Crippen LogP contribution in [0.2, 0.25) is 0 Å². The largest absolute Gasteiger partial charge is 0.322 e. The van der Waals surface area contributed by atoms with Gasteiger partial charge in [0.05, 0.1) is 10.7 Å². The highest BCUT2D eigenvalue weighted by Gasteiger charge is 2.09. The monoisotopic (exact) mass is 376 g/mol. The minimum atomic E-state index is -2.47. The lowest BCUT2D eigenvalue weighted by atomic mass is 10.1. The zero-order valence-electron chi connectivity index (χ0n) is 13.2. The van der Waals surface area contributed by atoms with Crippen molar-refractivity contribution in [3.63, 3.8) is 0 Å². The number of thioether (sulfide) groups is 1. The summed E-state index contributed by atoms with van der Waals surface area (Å²) in [6, 6.07) is 13.5. The van der Waals surface area contributed by atoms with E-state index in [4.69, 9.17) is 0 Å². The van der Waals surface area contributed by atoms with E-state index in [9.17, 15) is 13.6 Å². The quantitative estimate of drug-likeness (QED) is 0.582. The molecule has 3 aromatic rings. The number of anilines is 1. The first-order valence-corrected chi connectivity index (χ1v) is 9.16. The highest BCUT2D eigenvalue weighted by molar-refractivity contribution is 7.99. The molecule has 25 heavy (non-hydrogen) atoms. The van der Waals surface area contributed by atoms with Gasteiger partial charge in [-0.3, -0.25) is 4.79 Å². The van der Waals surface area contributed by atoms with Crippen molar-refractivity contribution in [1.29, 1.82) is 0 Å². The SMILES string of the molecule is Cc1nc(-c2ccc(NC(=O)c3ccc(SC(F)F)cc3)cc2)cs1. The number of rotatable bonds is 5. The van der Waals surface area contributed by atoms with Crippen LogP contribution in [0.5, 0.6) is 0 Å². The van der Waals surface area contributed by atoms with Gasteiger partial charge in [-0.05, 0) is 43.3 Å². The standard InChI is InChI=1S/C18H14F2N2OS2/c1-11-21-16(10-24-11)12-2-6-14(7-3-12)22-17(23)13-4-8-15(9-5-13)25-18(19)20/h2-10,18H,1H3,(H,22,23). The molecule has 0 fully saturated rings. The normalized spacial score (nSPS) is 10.9. The molecule has 0 saturated carbocycles. The number of alkyl halides is 2. The van der Waals surface area contributed by atoms with Gasteiger partial charge < -0.3 is 5.32 Å². The van der Waals surface area contributed by atoms with Crippen LogP contribution in [0.1, 0.15) is 15.4 Å². The number of amides is 1. The van der Waals surface area contributed by atoms with Gasteiger partial charge in [0.1, 0.15) is 0 Å². The van der Waals surface area contributed by atoms with Gasteiger partial charge >= 0.3 is 0 Å². The van der Waals surface area contributed by atoms with Crippen molar-refractivity contribution in [2.75, 3.05) is 5.32 Å². The topological polar surface area (TPSA) is 42.0 Å². The molecule has 1 aromatic heterocycles. The van der Waals surface area contributed by atoms with Crippen LogP contribution >= 0.6 is 23.1 Å². The van der Waals surface area contributed by atoms with Gasteiger partial charge in [-0.2, -0.15) is 8.78 Å². The van der Waals surface area contributed by atoms with E-state index in [1.807, 2.05) is 36.6 Å². The van der Waals surface area contributed by atoms with Crippen LogP contribution in [0.15, 0.2) is 58.8 Å². The zero-order valence-corrected chi connectivity index (χ0v) is 14.8. The first-order chi connectivity index (χ1) is 12.0. The molecule has 0 atom stereocenters. The summed E-state index contributed by atoms with van der Waals surface area (Å²) in [4.78, 5) is 17.1. The van der Waals surface area contributed by atoms with E-state index >= 15 is 0 Å². The third-order valence-corrected chi connectivity index (χ3v) is 4.90. The molecule has 0 aliphatic carbocycles. The fraction of sp³-hybridized carbons (Fsp3) is 0.111. The Kier molecular flexibility index (Phi) is 5.45. The summed E-state index contributed by atoms with van der Waals surface area (Å²) in [6.07, 6.45) is 0. The number of carbonyl (C=O) groups is 1. The Balaban J connectivity index is 1.66. The summed E-state index contributed by atoms with van der Waals surface area (Å²) in [5, 5.41) is 5.78. The van der Waals surface area contributed by atoms with E-state index in [0.29, 0.717) is 27.9 Å². The van der Waals surface area contributed by atoms with Crippen molar-refractivity contribution in [2.45, 2.75) is 17.6 Å². The predicted molar refractivity (Wildman–Crippen MR) is 98.5 cm³/mol. The molecule has 0 bridgehead atoms. The number of nitrogens with zero attached hydrogens (tertiary/aromatic N) is 1. The number of aryl methyl sites for hydroxylation is 1. The minimum Gasteiger partial charge on any atom is -0.322 e. The highest BCUT2D eigenvalue weighted by Crippen LogP contribution is 2.26. The van der Waals surface area contributed by atoms with Crippen LogP contribution in [0, 0.1) is 6.92 Å². The van der Waals surface area contributed by atoms with Crippen molar-refractivity contribution in [1.82, 2.24) is 4.98 Å². The summed E-state index contributed by atoms with van der Waals surface area (Å²) in [6.45, 7) is 1.95. The average molecular weight is 376 g/mol. The second-order valence-corrected chi connectivity index (χ2v) is 7.31. The molecule has 1 N–H and O–H groups in total. The molecule has 2 aromatic carbocycles. The van der Waals surface area contributed by atoms with E-state index in [2.05, 4.69) is 10.3 Å². The molecule has 0 aliphatic rings. The van der Waals surface area contributed by atoms with Crippen molar-refractivity contribution < 1.29 is 13.6 Å². The average Bonchev–Trinajstić information content (AvgIpc) is 3.02. The van der Waals surface area contributed by atoms with E-state index in [1.54, 1.807) is 11.3 Å². The minimum absolute atomic E-state index is 0.286. The van der Waals surface area contributed by atoms with E-state index in [0.717, 1.165) is 16.3 Å². The second-order valence-electron chi connectivity index (χ2n) is 5.19. The lowest BCUT2D eigenvalue weighted by Gasteiger charge is -2.07. The number of nitrogens with one attached hydrogen (secondary N) is 1. The molecule has 1 amide bonds. The summed E-state index contributed by atoms with van der Waals surface area (Å²) < 4.78 is 24.6. The van der Waals surface area contributed by atoms with Gasteiger partial charge in [0.15, 0.2) is 0 Å². The maximum Gasteiger partial charge on any atom is 0.288 e. The third kappa shape index (κ3) is 4.64. The molecule has 7 heteroatoms. The first kappa shape index (κ1) is 17.6. The van der Waals surface area contributed by atoms with Gasteiger partial charge in [-0.25, -0.2) is 4.98 Å². The Morgan fingerprint density at radius 1 is 1.12 bits per heavy atom. The molecule has 0 unspecified atom stereocenters. The van der Waals surface area contributed by atoms with Crippen molar-refractivity contribution in [3.05, 3.63) is 64.5 Å². The summed E-state index contributed by atoms with van der Waals surface area (Å²) in [5.41, 5.74) is 2.97. The van der Waals surface area contributed by atoms with Crippen LogP contribution < -0.4 is 5.32 Å². The number of aromatic nitrogens is 1. The number of benzene rings is 2. The van der Waals surface area contributed by atoms with E-state index in [-0.39, 0.29) is 5.91 Å². The van der Waals surface area contributed by atoms with Crippen LogP contribution in [-0.2, 0) is 0 Å². The second kappa shape index (κ2) is 7.76. The molecule has 128 valence electrons. The predicted octanol–water partition coefficient (Wildman–Crippen LogP) is 5.69. The molecule has 3 rings (SSSR count). The Morgan fingerprint density at radius 2 is 1.80 bits per heavy atom. The maximum absolute atomic E-state index is 12.3. The van der Waals surface area contributed by atoms with Crippen molar-refractivity contribution in [3.8, 4) is 11.3 Å². The molecular formula is C18H14F2N2OS2. The molecule has 0 saturated heterocycles. The fourth-order valence-corrected chi connectivity index (χ4v) is 3.33. The molecule has 0 spiro atoms. The lowest BCUT2D eigenvalue weighted by Crippen LogP contribution is -2.11. The lowest BCUT2D eigenvalue weighted by molar-refractivity contribution is 0.102. The number of halogens is 2. The maximum atomic E-state index is 12.3. The van der Waals surface area contributed by atoms with Gasteiger partial charge in [0.2, 0.25) is 0 Å². The summed E-state index contributed by atoms with van der Waals surface area (Å²) >= 11 is 2.04. The summed E-state index contributed by atoms with van der Waals surface area (Å²) in [7, 11) is 0. The van der Waals surface area contributed by atoms with Gasteiger partial charge in [0, 0.05) is 27.1 Å². The number of hydrogen-bond donors (Lipinski definition) is 1. The van der Waals surface area contributed by atoms with Crippen LogP contribution in [0.4, 0.5) is 14.5 Å². The fourth-order valence-electron chi connectivity index (χ4n) is 2.21. The first-order valence-electron chi connectivity index (χ1n) is 7.40. The Labute approximate surface area is 152 Å². The van der Waals surface area contributed by atoms with Crippen molar-refractivity contribution >= 4 is 34.7 Å². The zero-order chi connectivity index (χ0) is 17.8. The van der Waals surface area contributed by atoms with Gasteiger partial charge in [-0.1, -0.05) is 23.9 Å². The molecule has 0 radical (unpaired) electrons. The molecule has 1 heterocycles. The van der Waals surface area contributed by atoms with Gasteiger partial charge in [-0.15, -0.1) is 11.3 Å². The molecular weight excluding hydrogens is 362 g/mol. The van der Waals surface area contributed by atoms with E-state index < -0.39 is 5.76 Å². The summed E-state index contributed by atoms with van der Waals surface area (Å²) in [5.74, 6) is -2.76. The number of thiazole rings is 1. The van der Waals surface area contributed by atoms with Crippen LogP contribution in [0.3, 0.4) is 0 Å². The number of hydrogen-bond acceptors (Lipinski definition) is 4. The molecule has 0 aliphatic heterocycles. The Hall–Kier alpha value is -2.25.